The molecule has 5 heterocycles. The number of methoxy groups -OCH3 is 1. The summed E-state index contributed by atoms with van der Waals surface area (Å²) in [5.74, 6) is -0.223. The van der Waals surface area contributed by atoms with E-state index in [1.54, 1.807) is 36.8 Å². The third kappa shape index (κ3) is 4.60. The number of hydrogen-bond donors (Lipinski definition) is 3. The van der Waals surface area contributed by atoms with Crippen LogP contribution in [0.4, 0.5) is 10.1 Å². The largest absolute Gasteiger partial charge is 0.497 e. The number of rotatable bonds is 6. The van der Waals surface area contributed by atoms with Gasteiger partial charge in [0.15, 0.2) is 0 Å². The van der Waals surface area contributed by atoms with Crippen molar-refractivity contribution in [1.82, 2.24) is 30.1 Å². The molecule has 3 N–H and O–H groups in total. The predicted octanol–water partition coefficient (Wildman–Crippen LogP) is 6.63. The second-order valence-electron chi connectivity index (χ2n) is 9.63. The molecule has 0 saturated heterocycles. The van der Waals surface area contributed by atoms with Crippen molar-refractivity contribution in [1.29, 1.82) is 0 Å². The predicted molar refractivity (Wildman–Crippen MR) is 159 cm³/mol. The van der Waals surface area contributed by atoms with Crippen molar-refractivity contribution in [3.63, 3.8) is 0 Å². The summed E-state index contributed by atoms with van der Waals surface area (Å²) >= 11 is 0. The number of aromatic nitrogens is 6. The number of aromatic amines is 2. The Labute approximate surface area is 238 Å². The molecule has 2 aromatic carbocycles. The van der Waals surface area contributed by atoms with Crippen LogP contribution < -0.4 is 10.1 Å². The minimum absolute atomic E-state index is 0.223. The quantitative estimate of drug-likeness (QED) is 0.212. The van der Waals surface area contributed by atoms with E-state index in [9.17, 15) is 9.18 Å². The van der Waals surface area contributed by atoms with Gasteiger partial charge in [0.05, 0.1) is 41.6 Å². The van der Waals surface area contributed by atoms with Crippen molar-refractivity contribution in [3.8, 4) is 39.7 Å². The van der Waals surface area contributed by atoms with Crippen LogP contribution in [0.15, 0.2) is 97.5 Å². The van der Waals surface area contributed by atoms with Gasteiger partial charge in [0, 0.05) is 46.1 Å². The molecule has 0 aliphatic rings. The number of ether oxygens (including phenoxy) is 1. The summed E-state index contributed by atoms with van der Waals surface area (Å²) in [6, 6.07) is 22.9. The van der Waals surface area contributed by atoms with Crippen molar-refractivity contribution < 1.29 is 13.9 Å². The number of amides is 1. The molecule has 7 aromatic rings. The van der Waals surface area contributed by atoms with Crippen LogP contribution in [0.1, 0.15) is 10.4 Å². The van der Waals surface area contributed by atoms with E-state index in [-0.39, 0.29) is 5.91 Å². The van der Waals surface area contributed by atoms with E-state index in [1.807, 2.05) is 48.5 Å². The number of carbonyl (C=O) groups excluding carboxylic acids is 1. The van der Waals surface area contributed by atoms with Gasteiger partial charge in [-0.2, -0.15) is 5.10 Å². The monoisotopic (exact) mass is 555 g/mol. The molecule has 0 bridgehead atoms. The summed E-state index contributed by atoms with van der Waals surface area (Å²) in [6.45, 7) is 0. The van der Waals surface area contributed by atoms with E-state index in [1.165, 1.54) is 19.2 Å². The number of pyridine rings is 3. The SMILES string of the molecule is COc1cc(F)cc(-c2nccc3[nH]c(-c4n[nH]c5ccc(-c6cncc(NC(=O)c7ccccc7)c6)nc45)cc23)c1. The molecule has 0 aliphatic carbocycles. The maximum Gasteiger partial charge on any atom is 0.255 e. The van der Waals surface area contributed by atoms with Crippen LogP contribution in [-0.4, -0.2) is 43.2 Å². The number of benzene rings is 2. The van der Waals surface area contributed by atoms with Crippen LogP contribution in [0.3, 0.4) is 0 Å². The fourth-order valence-electron chi connectivity index (χ4n) is 4.92. The number of carbonyl (C=O) groups is 1. The van der Waals surface area contributed by atoms with E-state index in [4.69, 9.17) is 9.72 Å². The zero-order valence-corrected chi connectivity index (χ0v) is 22.2. The maximum absolute atomic E-state index is 14.3. The van der Waals surface area contributed by atoms with Crippen LogP contribution >= 0.6 is 0 Å². The lowest BCUT2D eigenvalue weighted by atomic mass is 10.1. The minimum Gasteiger partial charge on any atom is -0.497 e. The summed E-state index contributed by atoms with van der Waals surface area (Å²) in [4.78, 5) is 29.8. The van der Waals surface area contributed by atoms with Crippen LogP contribution in [0.2, 0.25) is 0 Å². The Kier molecular flexibility index (Phi) is 6.12. The number of hydrogen-bond acceptors (Lipinski definition) is 6. The van der Waals surface area contributed by atoms with Gasteiger partial charge in [-0.3, -0.25) is 19.9 Å². The molecule has 0 radical (unpaired) electrons. The van der Waals surface area contributed by atoms with Gasteiger partial charge in [-0.15, -0.1) is 0 Å². The van der Waals surface area contributed by atoms with Crippen LogP contribution in [-0.2, 0) is 0 Å². The van der Waals surface area contributed by atoms with Gasteiger partial charge >= 0.3 is 0 Å². The molecule has 0 fully saturated rings. The zero-order chi connectivity index (χ0) is 28.6. The molecule has 9 nitrogen and oxygen atoms in total. The molecule has 0 spiro atoms. The van der Waals surface area contributed by atoms with Gasteiger partial charge in [0.25, 0.3) is 5.91 Å². The summed E-state index contributed by atoms with van der Waals surface area (Å²) in [7, 11) is 1.50. The fraction of sp³-hybridized carbons (Fsp3) is 0.0312. The minimum atomic E-state index is -0.410. The van der Waals surface area contributed by atoms with E-state index < -0.39 is 5.82 Å². The molecule has 7 rings (SSSR count). The number of nitrogens with one attached hydrogen (secondary N) is 3. The highest BCUT2D eigenvalue weighted by molar-refractivity contribution is 6.04. The average Bonchev–Trinajstić information content (AvgIpc) is 3.65. The Balaban J connectivity index is 1.25. The molecule has 5 aromatic heterocycles. The second kappa shape index (κ2) is 10.3. The number of H-pyrrole nitrogens is 2. The van der Waals surface area contributed by atoms with Crippen molar-refractivity contribution in [3.05, 3.63) is 109 Å². The average molecular weight is 556 g/mol. The molecule has 204 valence electrons. The van der Waals surface area contributed by atoms with Crippen molar-refractivity contribution in [2.24, 2.45) is 0 Å². The maximum atomic E-state index is 14.3. The molecule has 42 heavy (non-hydrogen) atoms. The Hall–Kier alpha value is -5.90. The number of halogens is 1. The number of nitrogens with zero attached hydrogens (tertiary/aromatic N) is 4. The van der Waals surface area contributed by atoms with E-state index in [0.29, 0.717) is 45.2 Å². The Morgan fingerprint density at radius 2 is 1.79 bits per heavy atom. The lowest BCUT2D eigenvalue weighted by molar-refractivity contribution is 0.102. The van der Waals surface area contributed by atoms with Crippen LogP contribution in [0.25, 0.3) is 55.8 Å². The van der Waals surface area contributed by atoms with Gasteiger partial charge in [0.2, 0.25) is 0 Å². The van der Waals surface area contributed by atoms with Gasteiger partial charge in [-0.25, -0.2) is 9.37 Å². The van der Waals surface area contributed by atoms with Crippen molar-refractivity contribution in [2.45, 2.75) is 0 Å². The first-order valence-corrected chi connectivity index (χ1v) is 13.1. The van der Waals surface area contributed by atoms with Crippen LogP contribution in [0, 0.1) is 5.82 Å². The molecule has 0 atom stereocenters. The highest BCUT2D eigenvalue weighted by Crippen LogP contribution is 2.34. The van der Waals surface area contributed by atoms with E-state index in [0.717, 1.165) is 27.7 Å². The Morgan fingerprint density at radius 1 is 0.905 bits per heavy atom. The molecular weight excluding hydrogens is 533 g/mol. The number of fused-ring (bicyclic) bond motifs is 2. The topological polar surface area (TPSA) is 121 Å². The molecular formula is C32H22FN7O2. The Bertz CT molecular complexity index is 2100. The lowest BCUT2D eigenvalue weighted by Crippen LogP contribution is -2.11. The molecule has 0 aliphatic heterocycles. The van der Waals surface area contributed by atoms with Crippen molar-refractivity contribution >= 4 is 33.5 Å². The summed E-state index contributed by atoms with van der Waals surface area (Å²) in [5.41, 5.74) is 7.28. The highest BCUT2D eigenvalue weighted by Gasteiger charge is 2.17. The zero-order valence-electron chi connectivity index (χ0n) is 22.2. The first-order valence-electron chi connectivity index (χ1n) is 13.1. The molecule has 0 unspecified atom stereocenters. The van der Waals surface area contributed by atoms with Crippen LogP contribution in [0.5, 0.6) is 5.75 Å². The van der Waals surface area contributed by atoms with Gasteiger partial charge in [-0.1, -0.05) is 18.2 Å². The first-order chi connectivity index (χ1) is 20.6. The van der Waals surface area contributed by atoms with E-state index in [2.05, 4.69) is 30.5 Å². The second-order valence-corrected chi connectivity index (χ2v) is 9.63. The third-order valence-corrected chi connectivity index (χ3v) is 6.92. The summed E-state index contributed by atoms with van der Waals surface area (Å²) < 4.78 is 19.5. The smallest absolute Gasteiger partial charge is 0.255 e. The van der Waals surface area contributed by atoms with E-state index >= 15 is 0 Å². The summed E-state index contributed by atoms with van der Waals surface area (Å²) in [6.07, 6.45) is 4.96. The van der Waals surface area contributed by atoms with Gasteiger partial charge < -0.3 is 15.0 Å². The van der Waals surface area contributed by atoms with Gasteiger partial charge in [-0.05, 0) is 54.6 Å². The highest BCUT2D eigenvalue weighted by atomic mass is 19.1. The molecule has 10 heteroatoms. The lowest BCUT2D eigenvalue weighted by Gasteiger charge is -2.07. The summed E-state index contributed by atoms with van der Waals surface area (Å²) in [5, 5.41) is 11.3. The third-order valence-electron chi connectivity index (χ3n) is 6.92. The normalized spacial score (nSPS) is 11.2. The number of anilines is 1. The van der Waals surface area contributed by atoms with Crippen molar-refractivity contribution in [2.75, 3.05) is 12.4 Å². The fourth-order valence-corrected chi connectivity index (χ4v) is 4.92. The Morgan fingerprint density at radius 3 is 2.64 bits per heavy atom. The standard InChI is InChI=1S/C32H22FN7O2/c1-42-23-13-19(11-21(33)14-23)29-24-15-28(37-26(24)9-10-35-29)31-30-27(39-40-31)8-7-25(38-30)20-12-22(17-34-16-20)36-32(41)18-5-3-2-4-6-18/h2-17,37H,1H3,(H,36,41)(H,39,40). The van der Waals surface area contributed by atoms with Gasteiger partial charge in [0.1, 0.15) is 22.8 Å². The molecule has 0 saturated carbocycles. The first kappa shape index (κ1) is 25.1. The molecule has 1 amide bonds.